The molecule has 3 aromatic rings. The van der Waals surface area contributed by atoms with Crippen LogP contribution in [0.5, 0.6) is 0 Å². The van der Waals surface area contributed by atoms with Crippen molar-refractivity contribution in [3.05, 3.63) is 53.5 Å². The molecule has 0 saturated carbocycles. The quantitative estimate of drug-likeness (QED) is 0.657. The van der Waals surface area contributed by atoms with Crippen LogP contribution in [0.15, 0.2) is 47.9 Å². The number of nitrogens with zero attached hydrogens (tertiary/aromatic N) is 6. The zero-order valence-electron chi connectivity index (χ0n) is 14.3. The predicted octanol–water partition coefficient (Wildman–Crippen LogP) is 0.0102. The maximum atomic E-state index is 12.7. The highest BCUT2D eigenvalue weighted by Crippen LogP contribution is 2.09. The van der Waals surface area contributed by atoms with Crippen molar-refractivity contribution >= 4 is 11.4 Å². The number of ether oxygens (including phenoxy) is 1. The molecule has 9 heteroatoms. The summed E-state index contributed by atoms with van der Waals surface area (Å²) in [4.78, 5) is 26.9. The molecule has 1 atom stereocenters. The van der Waals surface area contributed by atoms with Crippen molar-refractivity contribution in [2.45, 2.75) is 25.6 Å². The number of hydrogen-bond donors (Lipinski definition) is 0. The Morgan fingerprint density at radius 3 is 3.04 bits per heavy atom. The van der Waals surface area contributed by atoms with Gasteiger partial charge in [0.2, 0.25) is 5.91 Å². The van der Waals surface area contributed by atoms with Gasteiger partial charge in [-0.25, -0.2) is 4.68 Å². The predicted molar refractivity (Wildman–Crippen MR) is 92.6 cm³/mol. The number of amides is 1. The molecule has 0 N–H and O–H groups in total. The van der Waals surface area contributed by atoms with E-state index in [4.69, 9.17) is 4.74 Å². The molecule has 1 unspecified atom stereocenters. The van der Waals surface area contributed by atoms with Gasteiger partial charge in [0.1, 0.15) is 18.4 Å². The summed E-state index contributed by atoms with van der Waals surface area (Å²) in [6.45, 7) is 2.20. The summed E-state index contributed by atoms with van der Waals surface area (Å²) >= 11 is 0. The third-order valence-corrected chi connectivity index (χ3v) is 4.49. The summed E-state index contributed by atoms with van der Waals surface area (Å²) in [5, 5.41) is 8.28. The molecule has 1 saturated heterocycles. The Hall–Kier alpha value is -2.94. The molecular weight excluding hydrogens is 336 g/mol. The number of hydrogen-bond acceptors (Lipinski definition) is 5. The number of rotatable bonds is 4. The van der Waals surface area contributed by atoms with Crippen molar-refractivity contribution in [1.82, 2.24) is 28.9 Å². The Kier molecular flexibility index (Phi) is 4.53. The second kappa shape index (κ2) is 7.12. The van der Waals surface area contributed by atoms with Gasteiger partial charge in [-0.3, -0.25) is 14.3 Å². The number of aromatic nitrogens is 5. The first-order chi connectivity index (χ1) is 12.7. The lowest BCUT2D eigenvalue weighted by Crippen LogP contribution is -2.42. The van der Waals surface area contributed by atoms with Crippen LogP contribution in [-0.4, -0.2) is 60.6 Å². The highest BCUT2D eigenvalue weighted by atomic mass is 16.5. The van der Waals surface area contributed by atoms with E-state index in [-0.39, 0.29) is 24.1 Å². The summed E-state index contributed by atoms with van der Waals surface area (Å²) in [5.74, 6) is -0.133. The van der Waals surface area contributed by atoms with Crippen LogP contribution in [0.1, 0.15) is 6.42 Å². The van der Waals surface area contributed by atoms with Crippen LogP contribution in [-0.2, 0) is 22.6 Å². The van der Waals surface area contributed by atoms with Gasteiger partial charge in [0.15, 0.2) is 0 Å². The van der Waals surface area contributed by atoms with E-state index in [1.54, 1.807) is 38.5 Å². The first-order valence-electron chi connectivity index (χ1n) is 8.60. The van der Waals surface area contributed by atoms with E-state index in [1.165, 1.54) is 11.0 Å². The van der Waals surface area contributed by atoms with Crippen molar-refractivity contribution in [3.63, 3.8) is 0 Å². The van der Waals surface area contributed by atoms with E-state index in [9.17, 15) is 9.59 Å². The zero-order chi connectivity index (χ0) is 17.9. The van der Waals surface area contributed by atoms with Gasteiger partial charge < -0.3 is 14.0 Å². The van der Waals surface area contributed by atoms with Crippen LogP contribution in [0.25, 0.3) is 5.52 Å². The van der Waals surface area contributed by atoms with Crippen LogP contribution in [0, 0.1) is 0 Å². The average molecular weight is 356 g/mol. The van der Waals surface area contributed by atoms with Crippen molar-refractivity contribution in [2.24, 2.45) is 0 Å². The van der Waals surface area contributed by atoms with Gasteiger partial charge in [0.25, 0.3) is 5.56 Å². The van der Waals surface area contributed by atoms with Crippen LogP contribution < -0.4 is 5.56 Å². The fourth-order valence-corrected chi connectivity index (χ4v) is 3.17. The average Bonchev–Trinajstić information content (AvgIpc) is 3.26. The van der Waals surface area contributed by atoms with Crippen molar-refractivity contribution in [2.75, 3.05) is 19.7 Å². The molecule has 4 heterocycles. The third-order valence-electron chi connectivity index (χ3n) is 4.49. The highest BCUT2D eigenvalue weighted by Gasteiger charge is 2.23. The third kappa shape index (κ3) is 3.38. The first-order valence-corrected chi connectivity index (χ1v) is 8.60. The summed E-state index contributed by atoms with van der Waals surface area (Å²) in [6, 6.07) is 5.34. The molecule has 1 aliphatic heterocycles. The Labute approximate surface area is 149 Å². The number of carbonyl (C=O) groups is 1. The maximum Gasteiger partial charge on any atom is 0.291 e. The Balaban J connectivity index is 1.47. The Morgan fingerprint density at radius 2 is 2.19 bits per heavy atom. The fourth-order valence-electron chi connectivity index (χ4n) is 3.17. The summed E-state index contributed by atoms with van der Waals surface area (Å²) in [5.41, 5.74) is 0.230. The number of carbonyl (C=O) groups excluding carboxylic acids is 1. The molecule has 0 aromatic carbocycles. The van der Waals surface area contributed by atoms with E-state index in [1.807, 2.05) is 12.3 Å². The SMILES string of the molecule is O=C(Cn1ncn2cccc2c1=O)N1CCCOC(Cn2cccn2)C1. The fraction of sp³-hybridized carbons (Fsp3) is 0.412. The van der Waals surface area contributed by atoms with E-state index in [2.05, 4.69) is 10.2 Å². The summed E-state index contributed by atoms with van der Waals surface area (Å²) in [6.07, 6.45) is 7.52. The van der Waals surface area contributed by atoms with Gasteiger partial charge in [0.05, 0.1) is 12.6 Å². The minimum atomic E-state index is -0.273. The lowest BCUT2D eigenvalue weighted by molar-refractivity contribution is -0.133. The van der Waals surface area contributed by atoms with Gasteiger partial charge in [-0.1, -0.05) is 0 Å². The summed E-state index contributed by atoms with van der Waals surface area (Å²) < 4.78 is 10.5. The molecule has 136 valence electrons. The molecule has 0 radical (unpaired) electrons. The maximum absolute atomic E-state index is 12.7. The molecule has 1 amide bonds. The van der Waals surface area contributed by atoms with Crippen LogP contribution in [0.3, 0.4) is 0 Å². The standard InChI is InChI=1S/C17H20N6O3/c24-16(12-23-17(25)15-4-1-6-21(15)13-19-23)20-7-3-9-26-14(10-20)11-22-8-2-5-18-22/h1-2,4-6,8,13-14H,3,7,9-12H2. The molecular formula is C17H20N6O3. The second-order valence-electron chi connectivity index (χ2n) is 6.31. The zero-order valence-corrected chi connectivity index (χ0v) is 14.3. The van der Waals surface area contributed by atoms with E-state index >= 15 is 0 Å². The van der Waals surface area contributed by atoms with Gasteiger partial charge in [-0.2, -0.15) is 10.2 Å². The monoisotopic (exact) mass is 356 g/mol. The van der Waals surface area contributed by atoms with E-state index in [0.717, 1.165) is 6.42 Å². The number of fused-ring (bicyclic) bond motifs is 1. The largest absolute Gasteiger partial charge is 0.374 e. The van der Waals surface area contributed by atoms with Crippen molar-refractivity contribution < 1.29 is 9.53 Å². The van der Waals surface area contributed by atoms with Gasteiger partial charge >= 0.3 is 0 Å². The molecule has 0 spiro atoms. The highest BCUT2D eigenvalue weighted by molar-refractivity contribution is 5.76. The molecule has 3 aromatic heterocycles. The van der Waals surface area contributed by atoms with E-state index in [0.29, 0.717) is 31.8 Å². The minimum Gasteiger partial charge on any atom is -0.374 e. The van der Waals surface area contributed by atoms with Crippen LogP contribution in [0.4, 0.5) is 0 Å². The van der Waals surface area contributed by atoms with Crippen LogP contribution >= 0.6 is 0 Å². The summed E-state index contributed by atoms with van der Waals surface area (Å²) in [7, 11) is 0. The molecule has 9 nitrogen and oxygen atoms in total. The molecule has 4 rings (SSSR count). The molecule has 26 heavy (non-hydrogen) atoms. The van der Waals surface area contributed by atoms with Crippen molar-refractivity contribution in [1.29, 1.82) is 0 Å². The smallest absolute Gasteiger partial charge is 0.291 e. The van der Waals surface area contributed by atoms with Gasteiger partial charge in [-0.15, -0.1) is 0 Å². The second-order valence-corrected chi connectivity index (χ2v) is 6.31. The lowest BCUT2D eigenvalue weighted by atomic mass is 10.3. The lowest BCUT2D eigenvalue weighted by Gasteiger charge is -2.24. The molecule has 1 aliphatic rings. The van der Waals surface area contributed by atoms with Gasteiger partial charge in [-0.05, 0) is 24.6 Å². The topological polar surface area (TPSA) is 86.7 Å². The van der Waals surface area contributed by atoms with E-state index < -0.39 is 0 Å². The van der Waals surface area contributed by atoms with Gasteiger partial charge in [0, 0.05) is 38.3 Å². The molecule has 1 fully saturated rings. The molecule has 0 aliphatic carbocycles. The van der Waals surface area contributed by atoms with Crippen LogP contribution in [0.2, 0.25) is 0 Å². The first kappa shape index (κ1) is 16.5. The minimum absolute atomic E-state index is 0.0744. The molecule has 0 bridgehead atoms. The Morgan fingerprint density at radius 1 is 1.27 bits per heavy atom. The Bertz CT molecular complexity index is 945. The normalized spacial score (nSPS) is 18.2. The van der Waals surface area contributed by atoms with Crippen molar-refractivity contribution in [3.8, 4) is 0 Å².